The third-order valence-electron chi connectivity index (χ3n) is 4.51. The van der Waals surface area contributed by atoms with Crippen LogP contribution in [0, 0.1) is 5.92 Å². The molecule has 1 heterocycles. The highest BCUT2D eigenvalue weighted by atomic mass is 127. The van der Waals surface area contributed by atoms with E-state index in [2.05, 4.69) is 45.5 Å². The molecule has 1 aliphatic heterocycles. The molecule has 0 aromatic heterocycles. The number of ether oxygens (including phenoxy) is 1. The smallest absolute Gasteiger partial charge is 0.193 e. The molecule has 0 amide bonds. The van der Waals surface area contributed by atoms with Crippen LogP contribution in [0.2, 0.25) is 0 Å². The number of hydrogen-bond acceptors (Lipinski definition) is 3. The van der Waals surface area contributed by atoms with Crippen LogP contribution in [0.3, 0.4) is 0 Å². The summed E-state index contributed by atoms with van der Waals surface area (Å²) in [6.07, 6.45) is 1.14. The van der Waals surface area contributed by atoms with Gasteiger partial charge in [0.25, 0.3) is 0 Å². The third kappa shape index (κ3) is 5.60. The van der Waals surface area contributed by atoms with Crippen LogP contribution < -0.4 is 16.0 Å². The molecule has 140 valence electrons. The van der Waals surface area contributed by atoms with Crippen molar-refractivity contribution in [1.29, 1.82) is 0 Å². The lowest BCUT2D eigenvalue weighted by Crippen LogP contribution is -2.25. The van der Waals surface area contributed by atoms with Crippen LogP contribution in [-0.2, 0) is 11.3 Å². The van der Waals surface area contributed by atoms with Crippen molar-refractivity contribution < 1.29 is 4.74 Å². The second kappa shape index (κ2) is 10.4. The summed E-state index contributed by atoms with van der Waals surface area (Å²) < 4.78 is 5.22. The zero-order valence-electron chi connectivity index (χ0n) is 15.1. The molecule has 0 radical (unpaired) electrons. The molecule has 2 aromatic rings. The Hall–Kier alpha value is -1.80. The van der Waals surface area contributed by atoms with E-state index in [0.29, 0.717) is 18.5 Å². The van der Waals surface area contributed by atoms with Crippen molar-refractivity contribution in [2.45, 2.75) is 13.0 Å². The summed E-state index contributed by atoms with van der Waals surface area (Å²) >= 11 is 0. The number of anilines is 2. The number of methoxy groups -OCH3 is 1. The van der Waals surface area contributed by atoms with E-state index in [1.807, 2.05) is 24.3 Å². The van der Waals surface area contributed by atoms with Gasteiger partial charge in [-0.15, -0.1) is 24.0 Å². The maximum Gasteiger partial charge on any atom is 0.193 e. The molecule has 0 bridgehead atoms. The predicted molar refractivity (Wildman–Crippen MR) is 119 cm³/mol. The van der Waals surface area contributed by atoms with Crippen LogP contribution in [0.25, 0.3) is 0 Å². The average Bonchev–Trinajstić information content (AvgIpc) is 3.12. The van der Waals surface area contributed by atoms with E-state index in [9.17, 15) is 0 Å². The lowest BCUT2D eigenvalue weighted by atomic mass is 10.1. The molecule has 1 fully saturated rings. The Morgan fingerprint density at radius 1 is 1.19 bits per heavy atom. The van der Waals surface area contributed by atoms with Gasteiger partial charge in [0, 0.05) is 43.7 Å². The monoisotopic (exact) mass is 466 g/mol. The fourth-order valence-corrected chi connectivity index (χ4v) is 3.18. The van der Waals surface area contributed by atoms with Crippen molar-refractivity contribution in [2.24, 2.45) is 16.6 Å². The minimum atomic E-state index is 0. The van der Waals surface area contributed by atoms with E-state index in [4.69, 9.17) is 10.5 Å². The Bertz CT molecular complexity index is 708. The first-order chi connectivity index (χ1) is 12.3. The third-order valence-corrected chi connectivity index (χ3v) is 4.51. The summed E-state index contributed by atoms with van der Waals surface area (Å²) in [5.41, 5.74) is 9.38. The number of rotatable bonds is 6. The molecule has 1 aliphatic rings. The fraction of sp³-hybridized carbons (Fsp3) is 0.350. The number of benzene rings is 2. The van der Waals surface area contributed by atoms with Crippen LogP contribution in [0.1, 0.15) is 12.0 Å². The molecular formula is C20H27IN4O. The minimum Gasteiger partial charge on any atom is -0.380 e. The van der Waals surface area contributed by atoms with Crippen molar-refractivity contribution in [3.8, 4) is 0 Å². The summed E-state index contributed by atoms with van der Waals surface area (Å²) in [6, 6.07) is 18.5. The van der Waals surface area contributed by atoms with Gasteiger partial charge in [-0.3, -0.25) is 4.99 Å². The molecule has 3 N–H and O–H groups in total. The number of aliphatic imine (C=N–C) groups is 1. The number of halogens is 1. The van der Waals surface area contributed by atoms with Crippen molar-refractivity contribution in [3.05, 3.63) is 60.2 Å². The van der Waals surface area contributed by atoms with Gasteiger partial charge in [-0.1, -0.05) is 36.4 Å². The van der Waals surface area contributed by atoms with Crippen LogP contribution >= 0.6 is 24.0 Å². The number of para-hydroxylation sites is 2. The normalized spacial score (nSPS) is 17.0. The van der Waals surface area contributed by atoms with E-state index < -0.39 is 0 Å². The molecule has 0 spiro atoms. The zero-order valence-corrected chi connectivity index (χ0v) is 17.4. The molecule has 26 heavy (non-hydrogen) atoms. The summed E-state index contributed by atoms with van der Waals surface area (Å²) in [5, 5.41) is 3.20. The number of nitrogens with two attached hydrogens (primary N) is 1. The van der Waals surface area contributed by atoms with Crippen LogP contribution in [0.5, 0.6) is 0 Å². The molecule has 1 saturated heterocycles. The van der Waals surface area contributed by atoms with Crippen molar-refractivity contribution in [3.63, 3.8) is 0 Å². The number of hydrogen-bond donors (Lipinski definition) is 2. The predicted octanol–water partition coefficient (Wildman–Crippen LogP) is 3.70. The second-order valence-electron chi connectivity index (χ2n) is 6.38. The number of nitrogens with zero attached hydrogens (tertiary/aromatic N) is 2. The first kappa shape index (κ1) is 20.5. The molecule has 3 rings (SSSR count). The van der Waals surface area contributed by atoms with E-state index >= 15 is 0 Å². The topological polar surface area (TPSA) is 62.9 Å². The molecule has 2 aromatic carbocycles. The average molecular weight is 466 g/mol. The molecular weight excluding hydrogens is 439 g/mol. The number of nitrogens with one attached hydrogen (secondary N) is 1. The highest BCUT2D eigenvalue weighted by molar-refractivity contribution is 14.0. The highest BCUT2D eigenvalue weighted by Crippen LogP contribution is 2.23. The fourth-order valence-electron chi connectivity index (χ4n) is 3.18. The van der Waals surface area contributed by atoms with E-state index in [1.54, 1.807) is 7.11 Å². The van der Waals surface area contributed by atoms with Gasteiger partial charge < -0.3 is 20.7 Å². The van der Waals surface area contributed by atoms with Gasteiger partial charge in [-0.05, 0) is 30.5 Å². The maximum absolute atomic E-state index is 6.08. The summed E-state index contributed by atoms with van der Waals surface area (Å²) in [7, 11) is 1.69. The van der Waals surface area contributed by atoms with Gasteiger partial charge in [0.2, 0.25) is 0 Å². The standard InChI is InChI=1S/C20H26N4O.HI/c1-25-15-17-7-5-6-10-19(17)23-20(21)22-13-16-11-12-24(14-16)18-8-3-2-4-9-18;/h2-10,16H,11-15H2,1H3,(H3,21,22,23);1H. The van der Waals surface area contributed by atoms with Crippen molar-refractivity contribution >= 4 is 41.3 Å². The van der Waals surface area contributed by atoms with Gasteiger partial charge in [-0.2, -0.15) is 0 Å². The molecule has 0 saturated carbocycles. The van der Waals surface area contributed by atoms with Gasteiger partial charge in [0.05, 0.1) is 6.61 Å². The Kier molecular flexibility index (Phi) is 8.18. The Morgan fingerprint density at radius 3 is 2.69 bits per heavy atom. The maximum atomic E-state index is 6.08. The van der Waals surface area contributed by atoms with Crippen LogP contribution in [0.4, 0.5) is 11.4 Å². The Labute approximate surface area is 172 Å². The van der Waals surface area contributed by atoms with Crippen molar-refractivity contribution in [1.82, 2.24) is 0 Å². The Balaban J connectivity index is 0.00000243. The van der Waals surface area contributed by atoms with E-state index in [0.717, 1.165) is 37.3 Å². The first-order valence-electron chi connectivity index (χ1n) is 8.70. The summed E-state index contributed by atoms with van der Waals surface area (Å²) in [6.45, 7) is 3.40. The van der Waals surface area contributed by atoms with Gasteiger partial charge >= 0.3 is 0 Å². The molecule has 1 atom stereocenters. The van der Waals surface area contributed by atoms with E-state index in [-0.39, 0.29) is 24.0 Å². The first-order valence-corrected chi connectivity index (χ1v) is 8.70. The van der Waals surface area contributed by atoms with E-state index in [1.165, 1.54) is 5.69 Å². The van der Waals surface area contributed by atoms with Gasteiger partial charge in [0.15, 0.2) is 5.96 Å². The summed E-state index contributed by atoms with van der Waals surface area (Å²) in [4.78, 5) is 6.96. The lowest BCUT2D eigenvalue weighted by molar-refractivity contribution is 0.185. The molecule has 6 heteroatoms. The molecule has 0 aliphatic carbocycles. The zero-order chi connectivity index (χ0) is 17.5. The van der Waals surface area contributed by atoms with Crippen LogP contribution in [-0.4, -0.2) is 32.7 Å². The highest BCUT2D eigenvalue weighted by Gasteiger charge is 2.22. The molecule has 5 nitrogen and oxygen atoms in total. The van der Waals surface area contributed by atoms with Crippen molar-refractivity contribution in [2.75, 3.05) is 37.0 Å². The van der Waals surface area contributed by atoms with Gasteiger partial charge in [0.1, 0.15) is 0 Å². The number of guanidine groups is 1. The lowest BCUT2D eigenvalue weighted by Gasteiger charge is -2.18. The largest absolute Gasteiger partial charge is 0.380 e. The quantitative estimate of drug-likeness (QED) is 0.387. The Morgan fingerprint density at radius 2 is 1.92 bits per heavy atom. The molecule has 1 unspecified atom stereocenters. The summed E-state index contributed by atoms with van der Waals surface area (Å²) in [5.74, 6) is 0.997. The van der Waals surface area contributed by atoms with Crippen LogP contribution in [0.15, 0.2) is 59.6 Å². The SMILES string of the molecule is COCc1ccccc1NC(N)=NCC1CCN(c2ccccc2)C1.I. The minimum absolute atomic E-state index is 0. The van der Waals surface area contributed by atoms with Gasteiger partial charge in [-0.25, -0.2) is 0 Å². The second-order valence-corrected chi connectivity index (χ2v) is 6.38.